The van der Waals surface area contributed by atoms with E-state index in [0.29, 0.717) is 18.9 Å². The summed E-state index contributed by atoms with van der Waals surface area (Å²) < 4.78 is 119. The van der Waals surface area contributed by atoms with Crippen molar-refractivity contribution in [1.29, 1.82) is 0 Å². The quantitative estimate of drug-likeness (QED) is 0.126. The molecule has 5 nitrogen and oxygen atoms in total. The van der Waals surface area contributed by atoms with Crippen LogP contribution in [0.25, 0.3) is 0 Å². The summed E-state index contributed by atoms with van der Waals surface area (Å²) in [6, 6.07) is 0. The van der Waals surface area contributed by atoms with E-state index >= 15 is 0 Å². The molecule has 0 fully saturated rings. The van der Waals surface area contributed by atoms with Gasteiger partial charge in [0.15, 0.2) is 5.78 Å². The van der Waals surface area contributed by atoms with Crippen LogP contribution >= 0.6 is 0 Å². The fraction of sp³-hybridized carbons (Fsp3) is 0.850. The summed E-state index contributed by atoms with van der Waals surface area (Å²) in [5.41, 5.74) is -12.7. The number of halogens is 6. The molecule has 0 N–H and O–H groups in total. The highest BCUT2D eigenvalue weighted by Gasteiger charge is 2.66. The van der Waals surface area contributed by atoms with Gasteiger partial charge < -0.3 is 0 Å². The van der Waals surface area contributed by atoms with Crippen molar-refractivity contribution in [1.82, 2.24) is 0 Å². The minimum atomic E-state index is -6.99. The molecule has 1 unspecified atom stereocenters. The molecular formula is C20H32F6O5S2. The van der Waals surface area contributed by atoms with Gasteiger partial charge in [-0.2, -0.15) is 26.3 Å². The van der Waals surface area contributed by atoms with Crippen LogP contribution in [0.1, 0.15) is 84.0 Å². The summed E-state index contributed by atoms with van der Waals surface area (Å²) in [5.74, 6) is -3.99. The normalized spacial score (nSPS) is 14.4. The van der Waals surface area contributed by atoms with Crippen LogP contribution in [0, 0.1) is 5.92 Å². The highest BCUT2D eigenvalue weighted by Crippen LogP contribution is 2.38. The number of carbonyl (C=O) groups is 1. The van der Waals surface area contributed by atoms with Crippen LogP contribution in [-0.2, 0) is 24.5 Å². The van der Waals surface area contributed by atoms with Crippen molar-refractivity contribution < 1.29 is 48.0 Å². The molecule has 0 spiro atoms. The molecule has 1 atom stereocenters. The molecule has 0 bridgehead atoms. The first-order valence-corrected chi connectivity index (χ1v) is 13.9. The van der Waals surface area contributed by atoms with Crippen LogP contribution in [0.15, 0.2) is 12.7 Å². The molecule has 0 heterocycles. The maximum atomic E-state index is 12.9. The fourth-order valence-corrected chi connectivity index (χ4v) is 6.73. The van der Waals surface area contributed by atoms with Crippen molar-refractivity contribution >= 4 is 25.5 Å². The van der Waals surface area contributed by atoms with E-state index in [4.69, 9.17) is 0 Å². The minimum absolute atomic E-state index is 0.184. The zero-order chi connectivity index (χ0) is 25.9. The molecule has 0 saturated heterocycles. The zero-order valence-corrected chi connectivity index (χ0v) is 20.2. The Morgan fingerprint density at radius 3 is 1.36 bits per heavy atom. The number of allylic oxidation sites excluding steroid dienone is 1. The predicted molar refractivity (Wildman–Crippen MR) is 114 cm³/mol. The summed E-state index contributed by atoms with van der Waals surface area (Å²) in [6.45, 7) is 5.27. The lowest BCUT2D eigenvalue weighted by molar-refractivity contribution is -0.121. The first kappa shape index (κ1) is 31.9. The number of carbonyl (C=O) groups excluding carboxylic acids is 1. The molecule has 0 aromatic rings. The number of unbranched alkanes of at least 4 members (excludes halogenated alkanes) is 10. The van der Waals surface area contributed by atoms with Crippen molar-refractivity contribution in [2.24, 2.45) is 5.92 Å². The monoisotopic (exact) mass is 530 g/mol. The third kappa shape index (κ3) is 9.58. The average Bonchev–Trinajstić information content (AvgIpc) is 2.66. The van der Waals surface area contributed by atoms with Crippen molar-refractivity contribution in [3.8, 4) is 0 Å². The van der Waals surface area contributed by atoms with Gasteiger partial charge in [0.05, 0.1) is 0 Å². The number of rotatable bonds is 17. The summed E-state index contributed by atoms with van der Waals surface area (Å²) in [7, 11) is -14.0. The van der Waals surface area contributed by atoms with E-state index in [1.807, 2.05) is 0 Å². The van der Waals surface area contributed by atoms with Crippen LogP contribution < -0.4 is 0 Å². The van der Waals surface area contributed by atoms with Gasteiger partial charge in [-0.25, -0.2) is 16.8 Å². The van der Waals surface area contributed by atoms with E-state index in [1.54, 1.807) is 0 Å². The Labute approximate surface area is 191 Å². The first-order chi connectivity index (χ1) is 15.1. The van der Waals surface area contributed by atoms with Crippen LogP contribution in [0.5, 0.6) is 0 Å². The number of sulfone groups is 2. The van der Waals surface area contributed by atoms with E-state index in [0.717, 1.165) is 38.5 Å². The smallest absolute Gasteiger partial charge is 0.296 e. The van der Waals surface area contributed by atoms with Gasteiger partial charge in [-0.15, -0.1) is 6.58 Å². The van der Waals surface area contributed by atoms with E-state index in [2.05, 4.69) is 13.5 Å². The second-order valence-corrected chi connectivity index (χ2v) is 12.2. The highest BCUT2D eigenvalue weighted by atomic mass is 32.3. The van der Waals surface area contributed by atoms with Crippen LogP contribution in [-0.4, -0.2) is 38.2 Å². The summed E-state index contributed by atoms with van der Waals surface area (Å²) >= 11 is 0. The molecule has 0 rings (SSSR count). The number of ketones is 1. The minimum Gasteiger partial charge on any atom is -0.296 e. The van der Waals surface area contributed by atoms with Gasteiger partial charge in [-0.05, 0) is 6.42 Å². The van der Waals surface area contributed by atoms with Crippen molar-refractivity contribution in [2.75, 3.05) is 0 Å². The van der Waals surface area contributed by atoms with Crippen molar-refractivity contribution in [3.63, 3.8) is 0 Å². The Bertz CT molecular complexity index is 773. The molecule has 0 aliphatic rings. The molecule has 0 aromatic carbocycles. The highest BCUT2D eigenvalue weighted by molar-refractivity contribution is 8.11. The second-order valence-electron chi connectivity index (χ2n) is 7.88. The van der Waals surface area contributed by atoms with Crippen molar-refractivity contribution in [2.45, 2.75) is 99.6 Å². The van der Waals surface area contributed by atoms with Crippen LogP contribution in [0.4, 0.5) is 26.3 Å². The van der Waals surface area contributed by atoms with Crippen molar-refractivity contribution in [3.05, 3.63) is 12.7 Å². The molecule has 0 saturated carbocycles. The van der Waals surface area contributed by atoms with E-state index < -0.39 is 47.0 Å². The SMILES string of the molecule is C=CC(CCCCCCCCCCCCC)C(=O)C(S(=O)(=O)C(F)(F)F)S(=O)(=O)C(F)(F)F. The summed E-state index contributed by atoms with van der Waals surface area (Å²) in [5, 5.41) is 0. The molecule has 0 aliphatic heterocycles. The third-order valence-corrected chi connectivity index (χ3v) is 9.61. The van der Waals surface area contributed by atoms with Gasteiger partial charge in [-0.1, -0.05) is 83.6 Å². The Balaban J connectivity index is 5.05. The second kappa shape index (κ2) is 13.7. The average molecular weight is 531 g/mol. The standard InChI is InChI=1S/C20H32F6O5S2/c1-3-5-6-7-8-9-10-11-12-13-14-15-16(4-2)17(27)18(32(28,29)19(21,22)23)33(30,31)20(24,25)26/h4,16,18H,2-3,5-15H2,1H3. The Hall–Kier alpha value is -1.11. The van der Waals surface area contributed by atoms with Gasteiger partial charge in [0.1, 0.15) is 0 Å². The molecular weight excluding hydrogens is 498 g/mol. The largest absolute Gasteiger partial charge is 0.499 e. The lowest BCUT2D eigenvalue weighted by Crippen LogP contribution is -2.50. The molecule has 33 heavy (non-hydrogen) atoms. The molecule has 0 radical (unpaired) electrons. The van der Waals surface area contributed by atoms with Gasteiger partial charge in [-0.3, -0.25) is 4.79 Å². The van der Waals surface area contributed by atoms with Gasteiger partial charge in [0.25, 0.3) is 19.7 Å². The maximum absolute atomic E-state index is 12.9. The van der Waals surface area contributed by atoms with E-state index in [9.17, 15) is 48.0 Å². The number of hydrogen-bond donors (Lipinski definition) is 0. The maximum Gasteiger partial charge on any atom is 0.499 e. The summed E-state index contributed by atoms with van der Waals surface area (Å²) in [6.07, 6.45) is 10.4. The molecule has 0 aliphatic carbocycles. The zero-order valence-electron chi connectivity index (χ0n) is 18.5. The molecule has 0 amide bonds. The predicted octanol–water partition coefficient (Wildman–Crippen LogP) is 6.25. The fourth-order valence-electron chi connectivity index (χ4n) is 3.29. The summed E-state index contributed by atoms with van der Waals surface area (Å²) in [4.78, 5) is 12.3. The lowest BCUT2D eigenvalue weighted by atomic mass is 9.96. The van der Waals surface area contributed by atoms with Crippen LogP contribution in [0.3, 0.4) is 0 Å². The molecule has 0 aromatic heterocycles. The van der Waals surface area contributed by atoms with Gasteiger partial charge >= 0.3 is 11.0 Å². The van der Waals surface area contributed by atoms with E-state index in [-0.39, 0.29) is 12.8 Å². The number of hydrogen-bond acceptors (Lipinski definition) is 5. The van der Waals surface area contributed by atoms with Gasteiger partial charge in [0.2, 0.25) is 4.58 Å². The first-order valence-electron chi connectivity index (χ1n) is 10.8. The van der Waals surface area contributed by atoms with Crippen LogP contribution in [0.2, 0.25) is 0 Å². The molecule has 196 valence electrons. The van der Waals surface area contributed by atoms with E-state index in [1.165, 1.54) is 12.8 Å². The molecule has 13 heteroatoms. The number of Topliss-reactive ketones (excluding diaryl/α,β-unsaturated/α-hetero) is 1. The Kier molecular flexibility index (Phi) is 13.2. The number of alkyl halides is 6. The third-order valence-electron chi connectivity index (χ3n) is 5.21. The van der Waals surface area contributed by atoms with Gasteiger partial charge in [0, 0.05) is 5.92 Å². The topological polar surface area (TPSA) is 85.3 Å². The Morgan fingerprint density at radius 1 is 0.727 bits per heavy atom. The lowest BCUT2D eigenvalue weighted by Gasteiger charge is -2.22. The Morgan fingerprint density at radius 2 is 1.06 bits per heavy atom.